The second-order valence-corrected chi connectivity index (χ2v) is 5.66. The number of nitro groups is 1. The molecule has 7 nitrogen and oxygen atoms in total. The number of hydrogen-bond donors (Lipinski definition) is 2. The van der Waals surface area contributed by atoms with Crippen LogP contribution in [0, 0.1) is 10.1 Å². The van der Waals surface area contributed by atoms with Crippen molar-refractivity contribution in [3.63, 3.8) is 0 Å². The van der Waals surface area contributed by atoms with E-state index in [1.165, 1.54) is 12.1 Å². The summed E-state index contributed by atoms with van der Waals surface area (Å²) in [5.74, 6) is -1.91. The molecule has 0 aliphatic carbocycles. The van der Waals surface area contributed by atoms with E-state index in [0.29, 0.717) is 5.69 Å². The van der Waals surface area contributed by atoms with Gasteiger partial charge in [-0.3, -0.25) is 19.7 Å². The summed E-state index contributed by atoms with van der Waals surface area (Å²) in [5.41, 5.74) is 0.160. The monoisotopic (exact) mass is 397 g/mol. The Balaban J connectivity index is 2.09. The summed E-state index contributed by atoms with van der Waals surface area (Å²) in [6.07, 6.45) is 0. The van der Waals surface area contributed by atoms with Crippen LogP contribution in [-0.2, 0) is 9.59 Å². The van der Waals surface area contributed by atoms with Crippen molar-refractivity contribution in [2.75, 3.05) is 10.6 Å². The normalized spacial score (nSPS) is 10.0. The Morgan fingerprint density at radius 2 is 1.65 bits per heavy atom. The molecule has 0 aliphatic heterocycles. The average molecular weight is 399 g/mol. The van der Waals surface area contributed by atoms with E-state index in [9.17, 15) is 19.7 Å². The number of hydrogen-bond acceptors (Lipinski definition) is 4. The minimum absolute atomic E-state index is 0.0168. The lowest BCUT2D eigenvalue weighted by atomic mass is 10.2. The van der Waals surface area contributed by atoms with E-state index < -0.39 is 16.7 Å². The SMILES string of the molecule is O=C(Nc1ccc(Br)cc1)C(=O)Nc1cc([N+](=O)[O-])ccc1Cl. The van der Waals surface area contributed by atoms with Gasteiger partial charge in [0.05, 0.1) is 15.6 Å². The Hall–Kier alpha value is -2.45. The van der Waals surface area contributed by atoms with E-state index in [2.05, 4.69) is 26.6 Å². The molecule has 0 unspecified atom stereocenters. The molecule has 2 aromatic rings. The minimum atomic E-state index is -0.990. The first-order chi connectivity index (χ1) is 10.9. The highest BCUT2D eigenvalue weighted by Gasteiger charge is 2.17. The number of nitro benzene ring substituents is 1. The molecule has 0 fully saturated rings. The number of nitrogens with one attached hydrogen (secondary N) is 2. The van der Waals surface area contributed by atoms with E-state index in [1.54, 1.807) is 24.3 Å². The van der Waals surface area contributed by atoms with E-state index in [4.69, 9.17) is 11.6 Å². The lowest BCUT2D eigenvalue weighted by Crippen LogP contribution is -2.29. The molecule has 0 radical (unpaired) electrons. The predicted molar refractivity (Wildman–Crippen MR) is 89.5 cm³/mol. The minimum Gasteiger partial charge on any atom is -0.318 e. The summed E-state index contributed by atoms with van der Waals surface area (Å²) in [6, 6.07) is 10.1. The van der Waals surface area contributed by atoms with Crippen LogP contribution in [0.4, 0.5) is 17.1 Å². The fraction of sp³-hybridized carbons (Fsp3) is 0. The van der Waals surface area contributed by atoms with Crippen LogP contribution in [0.3, 0.4) is 0 Å². The zero-order chi connectivity index (χ0) is 17.0. The standard InChI is InChI=1S/C14H9BrClN3O4/c15-8-1-3-9(4-2-8)17-13(20)14(21)18-12-7-10(19(22)23)5-6-11(12)16/h1-7H,(H,17,20)(H,18,21). The number of carbonyl (C=O) groups is 2. The molecule has 2 aromatic carbocycles. The van der Waals surface area contributed by atoms with Gasteiger partial charge >= 0.3 is 11.8 Å². The van der Waals surface area contributed by atoms with Crippen molar-refractivity contribution in [3.05, 3.63) is 62.1 Å². The third-order valence-corrected chi connectivity index (χ3v) is 3.58. The van der Waals surface area contributed by atoms with Gasteiger partial charge in [0.15, 0.2) is 0 Å². The second-order valence-electron chi connectivity index (χ2n) is 4.34. The zero-order valence-corrected chi connectivity index (χ0v) is 13.7. The Morgan fingerprint density at radius 1 is 1.04 bits per heavy atom. The van der Waals surface area contributed by atoms with Gasteiger partial charge in [-0.25, -0.2) is 0 Å². The molecule has 23 heavy (non-hydrogen) atoms. The predicted octanol–water partition coefficient (Wildman–Crippen LogP) is 3.59. The number of amides is 2. The molecule has 2 N–H and O–H groups in total. The third kappa shape index (κ3) is 4.51. The highest BCUT2D eigenvalue weighted by molar-refractivity contribution is 9.10. The van der Waals surface area contributed by atoms with Gasteiger partial charge in [-0.2, -0.15) is 0 Å². The van der Waals surface area contributed by atoms with Crippen LogP contribution in [0.1, 0.15) is 0 Å². The van der Waals surface area contributed by atoms with Gasteiger partial charge in [0.1, 0.15) is 0 Å². The molecule has 9 heteroatoms. The fourth-order valence-electron chi connectivity index (χ4n) is 1.62. The maximum atomic E-state index is 11.9. The molecule has 0 bridgehead atoms. The van der Waals surface area contributed by atoms with E-state index in [-0.39, 0.29) is 16.4 Å². The molecule has 0 saturated carbocycles. The first kappa shape index (κ1) is 16.9. The lowest BCUT2D eigenvalue weighted by Gasteiger charge is -2.08. The summed E-state index contributed by atoms with van der Waals surface area (Å²) in [6.45, 7) is 0. The Morgan fingerprint density at radius 3 is 2.26 bits per heavy atom. The van der Waals surface area contributed by atoms with Crippen molar-refractivity contribution in [1.82, 2.24) is 0 Å². The van der Waals surface area contributed by atoms with Crippen LogP contribution in [0.15, 0.2) is 46.9 Å². The highest BCUT2D eigenvalue weighted by Crippen LogP contribution is 2.26. The highest BCUT2D eigenvalue weighted by atomic mass is 79.9. The fourth-order valence-corrected chi connectivity index (χ4v) is 2.05. The largest absolute Gasteiger partial charge is 0.318 e. The van der Waals surface area contributed by atoms with E-state index in [1.807, 2.05) is 0 Å². The molecular formula is C14H9BrClN3O4. The van der Waals surface area contributed by atoms with Crippen molar-refractivity contribution in [3.8, 4) is 0 Å². The smallest absolute Gasteiger partial charge is 0.314 e. The van der Waals surface area contributed by atoms with Crippen molar-refractivity contribution in [1.29, 1.82) is 0 Å². The van der Waals surface area contributed by atoms with Crippen LogP contribution in [0.25, 0.3) is 0 Å². The number of halogens is 2. The van der Waals surface area contributed by atoms with Gasteiger partial charge in [-0.1, -0.05) is 27.5 Å². The van der Waals surface area contributed by atoms with Crippen molar-refractivity contribution < 1.29 is 14.5 Å². The molecule has 0 heterocycles. The Labute approximate surface area is 143 Å². The molecule has 0 aromatic heterocycles. The first-order valence-electron chi connectivity index (χ1n) is 6.18. The number of rotatable bonds is 3. The Bertz CT molecular complexity index is 780. The van der Waals surface area contributed by atoms with Crippen LogP contribution in [0.5, 0.6) is 0 Å². The molecule has 0 saturated heterocycles. The third-order valence-electron chi connectivity index (χ3n) is 2.72. The zero-order valence-electron chi connectivity index (χ0n) is 11.4. The van der Waals surface area contributed by atoms with Crippen LogP contribution >= 0.6 is 27.5 Å². The topological polar surface area (TPSA) is 101 Å². The number of nitrogens with zero attached hydrogens (tertiary/aromatic N) is 1. The molecule has 118 valence electrons. The van der Waals surface area contributed by atoms with Gasteiger partial charge in [-0.05, 0) is 30.3 Å². The van der Waals surface area contributed by atoms with Gasteiger partial charge in [-0.15, -0.1) is 0 Å². The molecule has 0 aliphatic rings. The van der Waals surface area contributed by atoms with Crippen LogP contribution in [-0.4, -0.2) is 16.7 Å². The summed E-state index contributed by atoms with van der Waals surface area (Å²) >= 11 is 9.10. The Kier molecular flexibility index (Phi) is 5.30. The summed E-state index contributed by atoms with van der Waals surface area (Å²) in [5, 5.41) is 15.4. The number of carbonyl (C=O) groups excluding carboxylic acids is 2. The van der Waals surface area contributed by atoms with E-state index in [0.717, 1.165) is 10.5 Å². The summed E-state index contributed by atoms with van der Waals surface area (Å²) < 4.78 is 0.823. The van der Waals surface area contributed by atoms with E-state index >= 15 is 0 Å². The molecule has 0 spiro atoms. The number of non-ortho nitro benzene ring substituents is 1. The van der Waals surface area contributed by atoms with Crippen LogP contribution < -0.4 is 10.6 Å². The van der Waals surface area contributed by atoms with Crippen molar-refractivity contribution in [2.45, 2.75) is 0 Å². The molecular weight excluding hydrogens is 390 g/mol. The van der Waals surface area contributed by atoms with Crippen LogP contribution in [0.2, 0.25) is 5.02 Å². The van der Waals surface area contributed by atoms with Gasteiger partial charge in [0.25, 0.3) is 5.69 Å². The number of benzene rings is 2. The number of anilines is 2. The van der Waals surface area contributed by atoms with Gasteiger partial charge in [0.2, 0.25) is 0 Å². The average Bonchev–Trinajstić information content (AvgIpc) is 2.51. The summed E-state index contributed by atoms with van der Waals surface area (Å²) in [7, 11) is 0. The molecule has 2 rings (SSSR count). The second kappa shape index (κ2) is 7.21. The van der Waals surface area contributed by atoms with Crippen molar-refractivity contribution >= 4 is 56.4 Å². The molecule has 0 atom stereocenters. The maximum Gasteiger partial charge on any atom is 0.314 e. The van der Waals surface area contributed by atoms with Gasteiger partial charge < -0.3 is 10.6 Å². The maximum absolute atomic E-state index is 11.9. The lowest BCUT2D eigenvalue weighted by molar-refractivity contribution is -0.384. The van der Waals surface area contributed by atoms with Crippen molar-refractivity contribution in [2.24, 2.45) is 0 Å². The first-order valence-corrected chi connectivity index (χ1v) is 7.36. The summed E-state index contributed by atoms with van der Waals surface area (Å²) in [4.78, 5) is 33.8. The quantitative estimate of drug-likeness (QED) is 0.468. The molecule has 2 amide bonds. The van der Waals surface area contributed by atoms with Gasteiger partial charge in [0, 0.05) is 22.3 Å².